The van der Waals surface area contributed by atoms with Gasteiger partial charge in [0.1, 0.15) is 0 Å². The van der Waals surface area contributed by atoms with E-state index >= 15 is 0 Å². The van der Waals surface area contributed by atoms with E-state index in [2.05, 4.69) is 81.6 Å². The van der Waals surface area contributed by atoms with Crippen LogP contribution in [0.1, 0.15) is 74.7 Å². The molecule has 0 aliphatic carbocycles. The molecule has 1 unspecified atom stereocenters. The van der Waals surface area contributed by atoms with Crippen LogP contribution in [0.15, 0.2) is 0 Å². The summed E-state index contributed by atoms with van der Waals surface area (Å²) in [4.78, 5) is 0. The third-order valence-corrected chi connectivity index (χ3v) is 17.9. The van der Waals surface area contributed by atoms with Crippen molar-refractivity contribution in [2.24, 2.45) is 0 Å². The summed E-state index contributed by atoms with van der Waals surface area (Å²) < 4.78 is 31.3. The molecular formula is C24H56O5Si3. The molecule has 0 rings (SSSR count). The minimum Gasteiger partial charge on any atom is -0.414 e. The molecule has 0 N–H and O–H groups in total. The highest BCUT2D eigenvalue weighted by Crippen LogP contribution is 2.39. The van der Waals surface area contributed by atoms with Crippen molar-refractivity contribution in [3.8, 4) is 0 Å². The van der Waals surface area contributed by atoms with Gasteiger partial charge in [0, 0.05) is 19.8 Å². The van der Waals surface area contributed by atoms with E-state index < -0.39 is 25.9 Å². The number of hydrogen-bond donors (Lipinski definition) is 0. The molecule has 1 atom stereocenters. The Kier molecular flexibility index (Phi) is 15.0. The first-order valence-corrected chi connectivity index (χ1v) is 20.3. The van der Waals surface area contributed by atoms with Crippen LogP contribution >= 0.6 is 0 Å². The van der Waals surface area contributed by atoms with E-state index in [1.807, 2.05) is 0 Å². The quantitative estimate of drug-likeness (QED) is 0.158. The fourth-order valence-corrected chi connectivity index (χ4v) is 6.79. The summed E-state index contributed by atoms with van der Waals surface area (Å²) in [6, 6.07) is 0.994. The van der Waals surface area contributed by atoms with Crippen LogP contribution in [0, 0.1) is 0 Å². The zero-order valence-corrected chi connectivity index (χ0v) is 26.7. The fraction of sp³-hybridized carbons (Fsp3) is 1.00. The Morgan fingerprint density at radius 3 is 1.66 bits per heavy atom. The van der Waals surface area contributed by atoms with Gasteiger partial charge in [0.15, 0.2) is 16.6 Å². The van der Waals surface area contributed by atoms with E-state index in [0.29, 0.717) is 19.8 Å². The molecule has 8 heteroatoms. The van der Waals surface area contributed by atoms with Crippen LogP contribution in [0.2, 0.25) is 42.3 Å². The van der Waals surface area contributed by atoms with Crippen LogP contribution in [-0.4, -0.2) is 65.1 Å². The molecule has 0 fully saturated rings. The maximum atomic E-state index is 6.71. The number of rotatable bonds is 17. The SMILES string of the molecule is CCCO[SiH](CCCOCC(CO[Si](C)(C)C(C)(C)C)O[Si](C)(C)C(C)(C)C)OCCC. The van der Waals surface area contributed by atoms with Crippen molar-refractivity contribution in [2.45, 2.75) is 123 Å². The average Bonchev–Trinajstić information content (AvgIpc) is 2.65. The summed E-state index contributed by atoms with van der Waals surface area (Å²) in [5.74, 6) is 0. The fourth-order valence-electron chi connectivity index (χ4n) is 2.51. The molecule has 0 saturated heterocycles. The van der Waals surface area contributed by atoms with Gasteiger partial charge in [-0.05, 0) is 61.6 Å². The zero-order valence-electron chi connectivity index (χ0n) is 23.6. The standard InChI is InChI=1S/C24H56O5Si3/c1-13-16-26-30(27-17-14-2)19-15-18-25-20-22(29-32(11,12)24(6,7)8)21-28-31(9,10)23(3,4)5/h22,30H,13-21H2,1-12H3. The Bertz CT molecular complexity index is 479. The summed E-state index contributed by atoms with van der Waals surface area (Å²) in [5, 5.41) is 0.347. The highest BCUT2D eigenvalue weighted by Gasteiger charge is 2.41. The van der Waals surface area contributed by atoms with Gasteiger partial charge in [0.2, 0.25) is 0 Å². The average molecular weight is 509 g/mol. The largest absolute Gasteiger partial charge is 0.414 e. The monoisotopic (exact) mass is 508 g/mol. The van der Waals surface area contributed by atoms with Crippen molar-refractivity contribution in [1.29, 1.82) is 0 Å². The predicted octanol–water partition coefficient (Wildman–Crippen LogP) is 6.88. The number of hydrogen-bond acceptors (Lipinski definition) is 5. The van der Waals surface area contributed by atoms with Crippen molar-refractivity contribution >= 4 is 25.9 Å². The molecular weight excluding hydrogens is 453 g/mol. The highest BCUT2D eigenvalue weighted by molar-refractivity contribution is 6.74. The third kappa shape index (κ3) is 12.8. The molecule has 0 aromatic carbocycles. The maximum absolute atomic E-state index is 6.71. The first-order chi connectivity index (χ1) is 14.6. The maximum Gasteiger partial charge on any atom is 0.321 e. The minimum atomic E-state index is -1.90. The van der Waals surface area contributed by atoms with Gasteiger partial charge in [0.05, 0.1) is 19.3 Å². The van der Waals surface area contributed by atoms with E-state index in [9.17, 15) is 0 Å². The molecule has 0 saturated carbocycles. The first-order valence-electron chi connectivity index (χ1n) is 12.7. The highest BCUT2D eigenvalue weighted by atomic mass is 28.4. The second-order valence-electron chi connectivity index (χ2n) is 12.0. The molecule has 0 radical (unpaired) electrons. The van der Waals surface area contributed by atoms with Gasteiger partial charge in [-0.25, -0.2) is 0 Å². The first kappa shape index (κ1) is 32.5. The van der Waals surface area contributed by atoms with Gasteiger partial charge in [-0.3, -0.25) is 0 Å². The lowest BCUT2D eigenvalue weighted by Crippen LogP contribution is -2.49. The summed E-state index contributed by atoms with van der Waals surface area (Å²) in [7, 11) is -5.31. The lowest BCUT2D eigenvalue weighted by molar-refractivity contribution is 0.0155. The van der Waals surface area contributed by atoms with Gasteiger partial charge in [-0.2, -0.15) is 0 Å². The second-order valence-corrected chi connectivity index (χ2v) is 23.6. The van der Waals surface area contributed by atoms with Crippen molar-refractivity contribution in [1.82, 2.24) is 0 Å². The Labute approximate surface area is 204 Å². The van der Waals surface area contributed by atoms with Crippen LogP contribution in [0.4, 0.5) is 0 Å². The lowest BCUT2D eigenvalue weighted by atomic mass is 10.2. The van der Waals surface area contributed by atoms with E-state index in [4.69, 9.17) is 22.4 Å². The van der Waals surface area contributed by atoms with Crippen LogP contribution in [0.25, 0.3) is 0 Å². The topological polar surface area (TPSA) is 46.2 Å². The van der Waals surface area contributed by atoms with Crippen LogP contribution < -0.4 is 0 Å². The van der Waals surface area contributed by atoms with E-state index in [1.165, 1.54) is 0 Å². The Balaban J connectivity index is 4.82. The minimum absolute atomic E-state index is 0.0225. The van der Waals surface area contributed by atoms with Crippen LogP contribution in [0.5, 0.6) is 0 Å². The van der Waals surface area contributed by atoms with Crippen LogP contribution in [0.3, 0.4) is 0 Å². The predicted molar refractivity (Wildman–Crippen MR) is 145 cm³/mol. The molecule has 0 spiro atoms. The van der Waals surface area contributed by atoms with Gasteiger partial charge in [-0.15, -0.1) is 0 Å². The number of ether oxygens (including phenoxy) is 1. The van der Waals surface area contributed by atoms with Crippen molar-refractivity contribution < 1.29 is 22.4 Å². The molecule has 5 nitrogen and oxygen atoms in total. The third-order valence-electron chi connectivity index (χ3n) is 6.75. The molecule has 0 heterocycles. The van der Waals surface area contributed by atoms with Crippen LogP contribution in [-0.2, 0) is 22.4 Å². The van der Waals surface area contributed by atoms with Gasteiger partial charge >= 0.3 is 9.28 Å². The molecule has 0 aromatic rings. The molecule has 32 heavy (non-hydrogen) atoms. The van der Waals surface area contributed by atoms with E-state index in [-0.39, 0.29) is 16.2 Å². The molecule has 0 aromatic heterocycles. The van der Waals surface area contributed by atoms with Crippen molar-refractivity contribution in [2.75, 3.05) is 33.0 Å². The Morgan fingerprint density at radius 2 is 1.22 bits per heavy atom. The Hall–Kier alpha value is 0.451. The lowest BCUT2D eigenvalue weighted by Gasteiger charge is -2.41. The van der Waals surface area contributed by atoms with Crippen molar-refractivity contribution in [3.63, 3.8) is 0 Å². The second kappa shape index (κ2) is 14.8. The zero-order chi connectivity index (χ0) is 25.1. The Morgan fingerprint density at radius 1 is 0.719 bits per heavy atom. The summed E-state index contributed by atoms with van der Waals surface area (Å²) in [6.45, 7) is 30.7. The van der Waals surface area contributed by atoms with Gasteiger partial charge < -0.3 is 22.4 Å². The summed E-state index contributed by atoms with van der Waals surface area (Å²) in [6.07, 6.45) is 3.03. The van der Waals surface area contributed by atoms with E-state index in [1.54, 1.807) is 0 Å². The normalized spacial score (nSPS) is 14.9. The molecule has 194 valence electrons. The molecule has 0 bridgehead atoms. The summed E-state index contributed by atoms with van der Waals surface area (Å²) >= 11 is 0. The van der Waals surface area contributed by atoms with Crippen molar-refractivity contribution in [3.05, 3.63) is 0 Å². The van der Waals surface area contributed by atoms with Gasteiger partial charge in [0.25, 0.3) is 0 Å². The van der Waals surface area contributed by atoms with E-state index in [0.717, 1.165) is 38.5 Å². The molecule has 0 aliphatic heterocycles. The smallest absolute Gasteiger partial charge is 0.321 e. The van der Waals surface area contributed by atoms with Gasteiger partial charge in [-0.1, -0.05) is 55.4 Å². The molecule has 0 amide bonds. The molecule has 0 aliphatic rings. The summed E-state index contributed by atoms with van der Waals surface area (Å²) in [5.41, 5.74) is 0.